The van der Waals surface area contributed by atoms with Crippen molar-refractivity contribution in [1.29, 1.82) is 0 Å². The van der Waals surface area contributed by atoms with Gasteiger partial charge < -0.3 is 9.29 Å². The van der Waals surface area contributed by atoms with Gasteiger partial charge in [-0.3, -0.25) is 0 Å². The molecule has 0 radical (unpaired) electrons. The summed E-state index contributed by atoms with van der Waals surface area (Å²) in [4.78, 5) is 11.0. The molecule has 114 valence electrons. The van der Waals surface area contributed by atoms with Gasteiger partial charge in [-0.05, 0) is 36.4 Å². The largest absolute Gasteiger partial charge is 0.488 e. The third-order valence-corrected chi connectivity index (χ3v) is 2.83. The molecule has 0 spiro atoms. The average Bonchev–Trinajstić information content (AvgIpc) is 2.45. The molecule has 0 aliphatic heterocycles. The average molecular weight is 324 g/mol. The summed E-state index contributed by atoms with van der Waals surface area (Å²) >= 11 is 0. The molecule has 2 aromatic rings. The van der Waals surface area contributed by atoms with Crippen LogP contribution in [0.5, 0.6) is 5.75 Å². The first kappa shape index (κ1) is 15.6. The highest BCUT2D eigenvalue weighted by molar-refractivity contribution is 7.81. The number of carbonyl (C=O) groups is 1. The second-order valence-electron chi connectivity index (χ2n) is 3.99. The predicted molar refractivity (Wildman–Crippen MR) is 74.7 cm³/mol. The summed E-state index contributed by atoms with van der Waals surface area (Å²) in [6.45, 7) is 0. The number of aromatic carboxylic acids is 1. The molecule has 0 aliphatic carbocycles. The van der Waals surface area contributed by atoms with Crippen LogP contribution in [0.2, 0.25) is 0 Å². The summed E-state index contributed by atoms with van der Waals surface area (Å²) in [6, 6.07) is 11.1. The molecular weight excluding hydrogens is 315 g/mol. The molecule has 9 heteroatoms. The highest BCUT2D eigenvalue weighted by atomic mass is 32.3. The van der Waals surface area contributed by atoms with Gasteiger partial charge in [-0.2, -0.15) is 13.5 Å². The van der Waals surface area contributed by atoms with Gasteiger partial charge in [-0.25, -0.2) is 4.79 Å². The predicted octanol–water partition coefficient (Wildman–Crippen LogP) is 3.39. The zero-order chi connectivity index (χ0) is 16.2. The van der Waals surface area contributed by atoms with Gasteiger partial charge in [-0.15, -0.1) is 5.11 Å². The number of carboxylic acids is 1. The quantitative estimate of drug-likeness (QED) is 0.670. The van der Waals surface area contributed by atoms with Crippen molar-refractivity contribution in [3.05, 3.63) is 54.1 Å². The normalized spacial score (nSPS) is 11.5. The Labute approximate surface area is 125 Å². The molecule has 0 atom stereocenters. The maximum atomic E-state index is 12.3. The molecule has 0 amide bonds. The molecule has 0 bridgehead atoms. The van der Waals surface area contributed by atoms with Crippen LogP contribution >= 0.6 is 0 Å². The van der Waals surface area contributed by atoms with E-state index in [0.29, 0.717) is 5.69 Å². The van der Waals surface area contributed by atoms with E-state index in [9.17, 15) is 17.1 Å². The molecule has 7 nitrogen and oxygen atoms in total. The van der Waals surface area contributed by atoms with E-state index in [1.165, 1.54) is 36.4 Å². The Balaban J connectivity index is 2.19. The van der Waals surface area contributed by atoms with Crippen LogP contribution in [0.4, 0.5) is 15.3 Å². The standard InChI is InChI=1S/C13H9FN2O5S/c14-22(19,20)21-10-7-5-9(6-8-10)15-16-12-4-2-1-3-11(12)13(17)18/h1-8H,(H,17,18)/b16-15+. The van der Waals surface area contributed by atoms with Gasteiger partial charge in [0.1, 0.15) is 11.4 Å². The Morgan fingerprint density at radius 1 is 1.05 bits per heavy atom. The number of benzene rings is 2. The van der Waals surface area contributed by atoms with Gasteiger partial charge in [0.15, 0.2) is 0 Å². The first-order valence-electron chi connectivity index (χ1n) is 5.83. The molecule has 0 unspecified atom stereocenters. The Kier molecular flexibility index (Phi) is 4.47. The summed E-state index contributed by atoms with van der Waals surface area (Å²) in [7, 11) is -5.08. The Morgan fingerprint density at radius 3 is 2.27 bits per heavy atom. The molecule has 0 aliphatic rings. The zero-order valence-electron chi connectivity index (χ0n) is 10.9. The van der Waals surface area contributed by atoms with E-state index < -0.39 is 16.5 Å². The number of hydrogen-bond donors (Lipinski definition) is 1. The first-order chi connectivity index (χ1) is 10.3. The van der Waals surface area contributed by atoms with Gasteiger partial charge in [0.2, 0.25) is 0 Å². The minimum absolute atomic E-state index is 0.00488. The number of hydrogen-bond acceptors (Lipinski definition) is 6. The van der Waals surface area contributed by atoms with Crippen LogP contribution in [0.1, 0.15) is 10.4 Å². The van der Waals surface area contributed by atoms with E-state index in [0.717, 1.165) is 0 Å². The van der Waals surface area contributed by atoms with Gasteiger partial charge in [0.05, 0.1) is 11.3 Å². The Bertz CT molecular complexity index is 819. The van der Waals surface area contributed by atoms with Crippen LogP contribution in [0.25, 0.3) is 0 Å². The topological polar surface area (TPSA) is 105 Å². The molecule has 0 saturated heterocycles. The number of halogens is 1. The lowest BCUT2D eigenvalue weighted by Gasteiger charge is -2.00. The van der Waals surface area contributed by atoms with E-state index in [4.69, 9.17) is 5.11 Å². The zero-order valence-corrected chi connectivity index (χ0v) is 11.7. The molecule has 2 aromatic carbocycles. The first-order valence-corrected chi connectivity index (χ1v) is 7.14. The number of carboxylic acid groups (broad SMARTS) is 1. The van der Waals surface area contributed by atoms with Crippen molar-refractivity contribution in [3.8, 4) is 5.75 Å². The minimum atomic E-state index is -5.08. The van der Waals surface area contributed by atoms with Crippen LogP contribution in [-0.4, -0.2) is 19.5 Å². The molecule has 2 rings (SSSR count). The van der Waals surface area contributed by atoms with Gasteiger partial charge in [-0.1, -0.05) is 16.0 Å². The molecule has 1 N–H and O–H groups in total. The maximum absolute atomic E-state index is 12.3. The van der Waals surface area contributed by atoms with Gasteiger partial charge >= 0.3 is 16.5 Å². The van der Waals surface area contributed by atoms with Crippen molar-refractivity contribution in [3.63, 3.8) is 0 Å². The second kappa shape index (κ2) is 6.31. The second-order valence-corrected chi connectivity index (χ2v) is 4.95. The van der Waals surface area contributed by atoms with E-state index >= 15 is 0 Å². The van der Waals surface area contributed by atoms with Crippen molar-refractivity contribution in [2.24, 2.45) is 10.2 Å². The van der Waals surface area contributed by atoms with Crippen molar-refractivity contribution >= 4 is 27.8 Å². The lowest BCUT2D eigenvalue weighted by Crippen LogP contribution is -2.00. The third-order valence-electron chi connectivity index (χ3n) is 2.44. The van der Waals surface area contributed by atoms with E-state index in [1.54, 1.807) is 12.1 Å². The molecule has 0 heterocycles. The molecular formula is C13H9FN2O5S. The highest BCUT2D eigenvalue weighted by Crippen LogP contribution is 2.24. The van der Waals surface area contributed by atoms with Crippen LogP contribution in [-0.2, 0) is 10.5 Å². The smallest absolute Gasteiger partial charge is 0.478 e. The van der Waals surface area contributed by atoms with E-state index in [2.05, 4.69) is 14.4 Å². The third kappa shape index (κ3) is 4.35. The van der Waals surface area contributed by atoms with Crippen LogP contribution < -0.4 is 4.18 Å². The fraction of sp³-hybridized carbons (Fsp3) is 0. The van der Waals surface area contributed by atoms with Crippen molar-refractivity contribution in [2.45, 2.75) is 0 Å². The molecule has 0 fully saturated rings. The summed E-state index contributed by atoms with van der Waals surface area (Å²) in [5.74, 6) is -1.35. The minimum Gasteiger partial charge on any atom is -0.478 e. The number of nitrogens with zero attached hydrogens (tertiary/aromatic N) is 2. The van der Waals surface area contributed by atoms with Gasteiger partial charge in [0.25, 0.3) is 0 Å². The fourth-order valence-corrected chi connectivity index (χ4v) is 1.88. The molecule has 22 heavy (non-hydrogen) atoms. The van der Waals surface area contributed by atoms with Crippen molar-refractivity contribution < 1.29 is 26.4 Å². The van der Waals surface area contributed by atoms with E-state index in [-0.39, 0.29) is 17.0 Å². The Morgan fingerprint density at radius 2 is 1.68 bits per heavy atom. The lowest BCUT2D eigenvalue weighted by atomic mass is 10.2. The monoisotopic (exact) mass is 324 g/mol. The van der Waals surface area contributed by atoms with Crippen molar-refractivity contribution in [1.82, 2.24) is 0 Å². The van der Waals surface area contributed by atoms with E-state index in [1.807, 2.05) is 0 Å². The molecule has 0 saturated carbocycles. The Hall–Kier alpha value is -2.81. The lowest BCUT2D eigenvalue weighted by molar-refractivity contribution is 0.0697. The van der Waals surface area contributed by atoms with Crippen LogP contribution in [0, 0.1) is 0 Å². The van der Waals surface area contributed by atoms with Crippen molar-refractivity contribution in [2.75, 3.05) is 0 Å². The summed E-state index contributed by atoms with van der Waals surface area (Å²) in [5.41, 5.74) is 0.472. The van der Waals surface area contributed by atoms with Crippen LogP contribution in [0.3, 0.4) is 0 Å². The summed E-state index contributed by atoms with van der Waals surface area (Å²) < 4.78 is 37.0. The fourth-order valence-electron chi connectivity index (χ4n) is 1.54. The van der Waals surface area contributed by atoms with Crippen LogP contribution in [0.15, 0.2) is 58.8 Å². The highest BCUT2D eigenvalue weighted by Gasteiger charge is 2.09. The maximum Gasteiger partial charge on any atom is 0.488 e. The SMILES string of the molecule is O=C(O)c1ccccc1/N=N/c1ccc(OS(=O)(=O)F)cc1. The van der Waals surface area contributed by atoms with Gasteiger partial charge in [0, 0.05) is 0 Å². The summed E-state index contributed by atoms with van der Waals surface area (Å²) in [6.07, 6.45) is 0. The number of rotatable bonds is 5. The number of azo groups is 1. The summed E-state index contributed by atoms with van der Waals surface area (Å²) in [5, 5.41) is 16.6. The molecule has 0 aromatic heterocycles.